The molecule has 0 aliphatic heterocycles. The van der Waals surface area contributed by atoms with E-state index in [2.05, 4.69) is 17.2 Å². The van der Waals surface area contributed by atoms with E-state index in [1.165, 1.54) is 0 Å². The minimum atomic E-state index is 0.652. The zero-order chi connectivity index (χ0) is 9.36. The highest BCUT2D eigenvalue weighted by molar-refractivity contribution is 5.06. The molecule has 0 bridgehead atoms. The van der Waals surface area contributed by atoms with Gasteiger partial charge in [0.05, 0.1) is 13.2 Å². The molecule has 3 heteroatoms. The number of pyridine rings is 1. The van der Waals surface area contributed by atoms with Crippen LogP contribution in [0.15, 0.2) is 24.5 Å². The standard InChI is InChI=1S/C10H16N2O/c1-2-11-6-7-13-9-10-4-3-5-12-8-10/h3-5,8,11H,2,6-7,9H2,1H3. The summed E-state index contributed by atoms with van der Waals surface area (Å²) in [5.74, 6) is 0. The van der Waals surface area contributed by atoms with E-state index in [1.807, 2.05) is 18.3 Å². The highest BCUT2D eigenvalue weighted by atomic mass is 16.5. The Balaban J connectivity index is 2.07. The number of hydrogen-bond donors (Lipinski definition) is 1. The Morgan fingerprint density at radius 2 is 2.46 bits per heavy atom. The third-order valence-corrected chi connectivity index (χ3v) is 1.66. The Hall–Kier alpha value is -0.930. The number of nitrogens with one attached hydrogen (secondary N) is 1. The first-order valence-corrected chi connectivity index (χ1v) is 4.61. The van der Waals surface area contributed by atoms with E-state index in [0.29, 0.717) is 6.61 Å². The molecule has 1 aromatic heterocycles. The van der Waals surface area contributed by atoms with Crippen molar-refractivity contribution in [2.75, 3.05) is 19.7 Å². The van der Waals surface area contributed by atoms with Gasteiger partial charge in [-0.2, -0.15) is 0 Å². The van der Waals surface area contributed by atoms with Gasteiger partial charge in [0.25, 0.3) is 0 Å². The first-order chi connectivity index (χ1) is 6.43. The van der Waals surface area contributed by atoms with Gasteiger partial charge in [-0.1, -0.05) is 13.0 Å². The molecule has 1 N–H and O–H groups in total. The van der Waals surface area contributed by atoms with E-state index in [1.54, 1.807) is 6.20 Å². The summed E-state index contributed by atoms with van der Waals surface area (Å²) in [6.45, 7) is 5.40. The topological polar surface area (TPSA) is 34.1 Å². The molecule has 0 saturated heterocycles. The maximum Gasteiger partial charge on any atom is 0.0732 e. The van der Waals surface area contributed by atoms with Crippen LogP contribution in [-0.2, 0) is 11.3 Å². The lowest BCUT2D eigenvalue weighted by atomic mass is 10.3. The van der Waals surface area contributed by atoms with Crippen LogP contribution in [0.2, 0.25) is 0 Å². The van der Waals surface area contributed by atoms with Crippen molar-refractivity contribution < 1.29 is 4.74 Å². The van der Waals surface area contributed by atoms with Gasteiger partial charge >= 0.3 is 0 Å². The van der Waals surface area contributed by atoms with Gasteiger partial charge in [-0.3, -0.25) is 4.98 Å². The van der Waals surface area contributed by atoms with E-state index in [9.17, 15) is 0 Å². The molecular formula is C10H16N2O. The van der Waals surface area contributed by atoms with E-state index >= 15 is 0 Å². The number of rotatable bonds is 6. The van der Waals surface area contributed by atoms with Gasteiger partial charge in [0.1, 0.15) is 0 Å². The van der Waals surface area contributed by atoms with Gasteiger partial charge in [-0.05, 0) is 18.2 Å². The normalized spacial score (nSPS) is 10.2. The van der Waals surface area contributed by atoms with Gasteiger partial charge in [-0.15, -0.1) is 0 Å². The molecule has 0 amide bonds. The fraction of sp³-hybridized carbons (Fsp3) is 0.500. The maximum atomic E-state index is 5.42. The van der Waals surface area contributed by atoms with Crippen LogP contribution in [-0.4, -0.2) is 24.7 Å². The van der Waals surface area contributed by atoms with Crippen molar-refractivity contribution in [2.45, 2.75) is 13.5 Å². The van der Waals surface area contributed by atoms with E-state index in [-0.39, 0.29) is 0 Å². The quantitative estimate of drug-likeness (QED) is 0.668. The smallest absolute Gasteiger partial charge is 0.0732 e. The summed E-state index contributed by atoms with van der Waals surface area (Å²) < 4.78 is 5.42. The zero-order valence-corrected chi connectivity index (χ0v) is 7.99. The lowest BCUT2D eigenvalue weighted by Crippen LogP contribution is -2.18. The summed E-state index contributed by atoms with van der Waals surface area (Å²) in [7, 11) is 0. The molecular weight excluding hydrogens is 164 g/mol. The summed E-state index contributed by atoms with van der Waals surface area (Å²) in [5, 5.41) is 3.19. The largest absolute Gasteiger partial charge is 0.375 e. The van der Waals surface area contributed by atoms with Crippen LogP contribution in [0, 0.1) is 0 Å². The summed E-state index contributed by atoms with van der Waals surface area (Å²) in [6.07, 6.45) is 3.59. The predicted octanol–water partition coefficient (Wildman–Crippen LogP) is 1.21. The molecule has 3 nitrogen and oxygen atoms in total. The number of hydrogen-bond acceptors (Lipinski definition) is 3. The van der Waals surface area contributed by atoms with Crippen molar-refractivity contribution in [3.63, 3.8) is 0 Å². The molecule has 0 aliphatic rings. The molecule has 0 saturated carbocycles. The molecule has 0 radical (unpaired) electrons. The van der Waals surface area contributed by atoms with Gasteiger partial charge in [0, 0.05) is 18.9 Å². The number of likely N-dealkylation sites (N-methyl/N-ethyl adjacent to an activating group) is 1. The molecule has 0 fully saturated rings. The average molecular weight is 180 g/mol. The molecule has 13 heavy (non-hydrogen) atoms. The van der Waals surface area contributed by atoms with E-state index in [4.69, 9.17) is 4.74 Å². The molecule has 1 aromatic rings. The molecule has 0 unspecified atom stereocenters. The van der Waals surface area contributed by atoms with Crippen molar-refractivity contribution in [2.24, 2.45) is 0 Å². The van der Waals surface area contributed by atoms with Crippen LogP contribution >= 0.6 is 0 Å². The average Bonchev–Trinajstić information content (AvgIpc) is 2.19. The Morgan fingerprint density at radius 3 is 3.15 bits per heavy atom. The summed E-state index contributed by atoms with van der Waals surface area (Å²) in [6, 6.07) is 3.93. The third-order valence-electron chi connectivity index (χ3n) is 1.66. The lowest BCUT2D eigenvalue weighted by molar-refractivity contribution is 0.123. The first kappa shape index (κ1) is 10.2. The Kier molecular flexibility index (Phi) is 5.13. The van der Waals surface area contributed by atoms with Gasteiger partial charge in [0.2, 0.25) is 0 Å². The molecule has 1 rings (SSSR count). The molecule has 1 heterocycles. The number of aromatic nitrogens is 1. The monoisotopic (exact) mass is 180 g/mol. The summed E-state index contributed by atoms with van der Waals surface area (Å²) in [4.78, 5) is 4.00. The van der Waals surface area contributed by atoms with Gasteiger partial charge < -0.3 is 10.1 Å². The van der Waals surface area contributed by atoms with Crippen LogP contribution in [0.4, 0.5) is 0 Å². The number of ether oxygens (including phenoxy) is 1. The maximum absolute atomic E-state index is 5.42. The van der Waals surface area contributed by atoms with Gasteiger partial charge in [-0.25, -0.2) is 0 Å². The minimum Gasteiger partial charge on any atom is -0.375 e. The zero-order valence-electron chi connectivity index (χ0n) is 7.99. The fourth-order valence-corrected chi connectivity index (χ4v) is 0.995. The molecule has 0 spiro atoms. The van der Waals surface area contributed by atoms with Crippen LogP contribution < -0.4 is 5.32 Å². The Labute approximate surface area is 79.1 Å². The summed E-state index contributed by atoms with van der Waals surface area (Å²) >= 11 is 0. The van der Waals surface area contributed by atoms with Gasteiger partial charge in [0.15, 0.2) is 0 Å². The second-order valence-electron chi connectivity index (χ2n) is 2.77. The third kappa shape index (κ3) is 4.60. The molecule has 0 aromatic carbocycles. The summed E-state index contributed by atoms with van der Waals surface area (Å²) in [5.41, 5.74) is 1.12. The Bertz CT molecular complexity index is 213. The van der Waals surface area contributed by atoms with Crippen LogP contribution in [0.5, 0.6) is 0 Å². The van der Waals surface area contributed by atoms with Crippen molar-refractivity contribution in [1.82, 2.24) is 10.3 Å². The van der Waals surface area contributed by atoms with Crippen molar-refractivity contribution in [1.29, 1.82) is 0 Å². The van der Waals surface area contributed by atoms with E-state index < -0.39 is 0 Å². The minimum absolute atomic E-state index is 0.652. The predicted molar refractivity (Wildman–Crippen MR) is 52.4 cm³/mol. The fourth-order valence-electron chi connectivity index (χ4n) is 0.995. The molecule has 72 valence electrons. The van der Waals surface area contributed by atoms with Crippen LogP contribution in [0.3, 0.4) is 0 Å². The molecule has 0 aliphatic carbocycles. The first-order valence-electron chi connectivity index (χ1n) is 4.61. The highest BCUT2D eigenvalue weighted by Gasteiger charge is 1.91. The second-order valence-corrected chi connectivity index (χ2v) is 2.77. The van der Waals surface area contributed by atoms with Crippen molar-refractivity contribution in [3.05, 3.63) is 30.1 Å². The van der Waals surface area contributed by atoms with E-state index in [0.717, 1.165) is 25.3 Å². The SMILES string of the molecule is CCNCCOCc1cccnc1. The van der Waals surface area contributed by atoms with Crippen molar-refractivity contribution in [3.8, 4) is 0 Å². The highest BCUT2D eigenvalue weighted by Crippen LogP contribution is 1.96. The van der Waals surface area contributed by atoms with Crippen molar-refractivity contribution >= 4 is 0 Å². The molecule has 0 atom stereocenters. The van der Waals surface area contributed by atoms with Crippen LogP contribution in [0.1, 0.15) is 12.5 Å². The van der Waals surface area contributed by atoms with Crippen LogP contribution in [0.25, 0.3) is 0 Å². The lowest BCUT2D eigenvalue weighted by Gasteiger charge is -2.03. The second kappa shape index (κ2) is 6.57. The Morgan fingerprint density at radius 1 is 1.54 bits per heavy atom. The number of nitrogens with zero attached hydrogens (tertiary/aromatic N) is 1.